The van der Waals surface area contributed by atoms with Gasteiger partial charge in [0.25, 0.3) is 0 Å². The molecule has 2 aliphatic rings. The molecule has 2 atom stereocenters. The second kappa shape index (κ2) is 7.51. The maximum atomic E-state index is 13.0. The van der Waals surface area contributed by atoms with Gasteiger partial charge in [0.1, 0.15) is 11.5 Å². The fourth-order valence-electron chi connectivity index (χ4n) is 4.38. The summed E-state index contributed by atoms with van der Waals surface area (Å²) in [5.41, 5.74) is 5.42. The molecule has 2 aromatic rings. The number of hydrogen-bond acceptors (Lipinski definition) is 4. The zero-order chi connectivity index (χ0) is 20.7. The molecule has 0 amide bonds. The van der Waals surface area contributed by atoms with E-state index in [2.05, 4.69) is 0 Å². The number of aryl methyl sites for hydroxylation is 4. The van der Waals surface area contributed by atoms with E-state index >= 15 is 0 Å². The molecule has 2 unspecified atom stereocenters. The summed E-state index contributed by atoms with van der Waals surface area (Å²) in [4.78, 5) is 26.0. The van der Waals surface area contributed by atoms with Gasteiger partial charge in [-0.05, 0) is 105 Å². The third-order valence-corrected chi connectivity index (χ3v) is 6.36. The van der Waals surface area contributed by atoms with Gasteiger partial charge in [0.15, 0.2) is 0 Å². The predicted octanol–water partition coefficient (Wildman–Crippen LogP) is 5.16. The Morgan fingerprint density at radius 1 is 0.690 bits per heavy atom. The molecule has 1 fully saturated rings. The third kappa shape index (κ3) is 3.71. The van der Waals surface area contributed by atoms with Crippen molar-refractivity contribution < 1.29 is 19.1 Å². The minimum Gasteiger partial charge on any atom is -0.423 e. The van der Waals surface area contributed by atoms with Crippen LogP contribution in [0.4, 0.5) is 0 Å². The Balaban J connectivity index is 1.60. The Kier molecular flexibility index (Phi) is 5.03. The van der Waals surface area contributed by atoms with Crippen LogP contribution in [0.3, 0.4) is 0 Å². The topological polar surface area (TPSA) is 52.6 Å². The summed E-state index contributed by atoms with van der Waals surface area (Å²) in [5, 5.41) is 0. The van der Waals surface area contributed by atoms with Crippen molar-refractivity contribution in [2.75, 3.05) is 0 Å². The number of rotatable bonds is 4. The van der Waals surface area contributed by atoms with Crippen molar-refractivity contribution in [3.63, 3.8) is 0 Å². The van der Waals surface area contributed by atoms with Gasteiger partial charge in [-0.15, -0.1) is 0 Å². The molecule has 0 spiro atoms. The Bertz CT molecular complexity index is 950. The lowest BCUT2D eigenvalue weighted by Crippen LogP contribution is -2.24. The predicted molar refractivity (Wildman–Crippen MR) is 111 cm³/mol. The number of hydrogen-bond donors (Lipinski definition) is 0. The zero-order valence-corrected chi connectivity index (χ0v) is 17.4. The van der Waals surface area contributed by atoms with E-state index in [4.69, 9.17) is 9.47 Å². The summed E-state index contributed by atoms with van der Waals surface area (Å²) < 4.78 is 11.3. The average molecular weight is 390 g/mol. The number of esters is 2. The molecule has 0 heterocycles. The molecule has 4 nitrogen and oxygen atoms in total. The highest BCUT2D eigenvalue weighted by Gasteiger charge is 2.46. The first-order valence-electron chi connectivity index (χ1n) is 10.2. The maximum Gasteiger partial charge on any atom is 0.340 e. The van der Waals surface area contributed by atoms with Crippen molar-refractivity contribution >= 4 is 11.9 Å². The lowest BCUT2D eigenvalue weighted by molar-refractivity contribution is -0.133. The van der Waals surface area contributed by atoms with Gasteiger partial charge in [0, 0.05) is 0 Å². The molecule has 29 heavy (non-hydrogen) atoms. The van der Waals surface area contributed by atoms with E-state index in [1.807, 2.05) is 52.0 Å². The lowest BCUT2D eigenvalue weighted by atomic mass is 9.91. The summed E-state index contributed by atoms with van der Waals surface area (Å²) in [6.45, 7) is 7.99. The van der Waals surface area contributed by atoms with Gasteiger partial charge in [0.2, 0.25) is 0 Å². The summed E-state index contributed by atoms with van der Waals surface area (Å²) >= 11 is 0. The minimum absolute atomic E-state index is 0.0846. The Labute approximate surface area is 171 Å². The highest BCUT2D eigenvalue weighted by Crippen LogP contribution is 2.49. The highest BCUT2D eigenvalue weighted by molar-refractivity contribution is 6.03. The molecule has 0 saturated heterocycles. The summed E-state index contributed by atoms with van der Waals surface area (Å²) in [5.74, 6) is 0.341. The van der Waals surface area contributed by atoms with E-state index < -0.39 is 11.9 Å². The Hall–Kier alpha value is -2.88. The molecular formula is C25H26O4. The molecule has 0 aromatic heterocycles. The first kappa shape index (κ1) is 19.4. The Morgan fingerprint density at radius 3 is 1.48 bits per heavy atom. The molecule has 1 saturated carbocycles. The largest absolute Gasteiger partial charge is 0.423 e. The van der Waals surface area contributed by atoms with Gasteiger partial charge in [-0.2, -0.15) is 0 Å². The molecule has 0 aliphatic heterocycles. The summed E-state index contributed by atoms with van der Waals surface area (Å²) in [7, 11) is 0. The van der Waals surface area contributed by atoms with E-state index in [1.54, 1.807) is 12.1 Å². The zero-order valence-electron chi connectivity index (χ0n) is 17.4. The monoisotopic (exact) mass is 390 g/mol. The summed E-state index contributed by atoms with van der Waals surface area (Å²) in [6, 6.07) is 11.2. The van der Waals surface area contributed by atoms with E-state index in [1.165, 1.54) is 0 Å². The van der Waals surface area contributed by atoms with Gasteiger partial charge in [-0.1, -0.05) is 12.1 Å². The second-order valence-corrected chi connectivity index (χ2v) is 8.31. The van der Waals surface area contributed by atoms with Crippen LogP contribution in [0, 0.1) is 39.5 Å². The van der Waals surface area contributed by atoms with Crippen LogP contribution in [0.1, 0.15) is 41.5 Å². The van der Waals surface area contributed by atoms with Crippen molar-refractivity contribution in [2.45, 2.75) is 47.0 Å². The van der Waals surface area contributed by atoms with Crippen LogP contribution in [0.25, 0.3) is 0 Å². The molecule has 0 N–H and O–H groups in total. The van der Waals surface area contributed by atoms with Crippen LogP contribution < -0.4 is 9.47 Å². The third-order valence-electron chi connectivity index (χ3n) is 6.36. The van der Waals surface area contributed by atoms with E-state index in [0.717, 1.165) is 41.5 Å². The van der Waals surface area contributed by atoms with Gasteiger partial charge in [-0.3, -0.25) is 0 Å². The quantitative estimate of drug-likeness (QED) is 0.535. The Morgan fingerprint density at radius 2 is 1.10 bits per heavy atom. The maximum absolute atomic E-state index is 13.0. The van der Waals surface area contributed by atoms with Gasteiger partial charge in [-0.25, -0.2) is 9.59 Å². The van der Waals surface area contributed by atoms with E-state index in [0.29, 0.717) is 22.6 Å². The SMILES string of the molecule is Cc1ccc(OC(=O)C2=C(C(=O)Oc3ccc(C)c(C)c3)C3CCC2C3)cc1C. The van der Waals surface area contributed by atoms with Crippen LogP contribution in [0.5, 0.6) is 11.5 Å². The average Bonchev–Trinajstić information content (AvgIpc) is 3.29. The first-order chi connectivity index (χ1) is 13.8. The van der Waals surface area contributed by atoms with Crippen LogP contribution in [-0.4, -0.2) is 11.9 Å². The van der Waals surface area contributed by atoms with Gasteiger partial charge in [0.05, 0.1) is 11.1 Å². The number of ether oxygens (including phenoxy) is 2. The van der Waals surface area contributed by atoms with Crippen LogP contribution in [0.2, 0.25) is 0 Å². The van der Waals surface area contributed by atoms with Crippen molar-refractivity contribution in [1.29, 1.82) is 0 Å². The van der Waals surface area contributed by atoms with Crippen LogP contribution in [0.15, 0.2) is 47.5 Å². The highest BCUT2D eigenvalue weighted by atomic mass is 16.5. The standard InChI is InChI=1S/C25H26O4/c1-14-5-9-20(11-16(14)3)28-24(26)22-18-7-8-19(13-18)23(22)25(27)29-21-10-6-15(2)17(4)12-21/h5-6,9-12,18-19H,7-8,13H2,1-4H3. The molecule has 2 aliphatic carbocycles. The minimum atomic E-state index is -0.424. The smallest absolute Gasteiger partial charge is 0.340 e. The van der Waals surface area contributed by atoms with Gasteiger partial charge >= 0.3 is 11.9 Å². The summed E-state index contributed by atoms with van der Waals surface area (Å²) in [6.07, 6.45) is 2.67. The number of fused-ring (bicyclic) bond motifs is 2. The molecule has 2 bridgehead atoms. The van der Waals surface area contributed by atoms with E-state index in [-0.39, 0.29) is 11.8 Å². The van der Waals surface area contributed by atoms with Crippen molar-refractivity contribution in [1.82, 2.24) is 0 Å². The molecule has 150 valence electrons. The van der Waals surface area contributed by atoms with E-state index in [9.17, 15) is 9.59 Å². The fraction of sp³-hybridized carbons (Fsp3) is 0.360. The van der Waals surface area contributed by atoms with Crippen molar-refractivity contribution in [2.24, 2.45) is 11.8 Å². The van der Waals surface area contributed by atoms with Crippen LogP contribution >= 0.6 is 0 Å². The van der Waals surface area contributed by atoms with Crippen molar-refractivity contribution in [3.8, 4) is 11.5 Å². The molecule has 4 heteroatoms. The first-order valence-corrected chi connectivity index (χ1v) is 10.2. The van der Waals surface area contributed by atoms with Crippen molar-refractivity contribution in [3.05, 3.63) is 69.8 Å². The molecule has 4 rings (SSSR count). The molecule has 0 radical (unpaired) electrons. The number of carbonyl (C=O) groups excluding carboxylic acids is 2. The number of benzene rings is 2. The lowest BCUT2D eigenvalue weighted by Gasteiger charge is -2.18. The number of carbonyl (C=O) groups is 2. The normalized spacial score (nSPS) is 20.1. The second-order valence-electron chi connectivity index (χ2n) is 8.31. The molecular weight excluding hydrogens is 364 g/mol. The van der Waals surface area contributed by atoms with Gasteiger partial charge < -0.3 is 9.47 Å². The van der Waals surface area contributed by atoms with Crippen LogP contribution in [-0.2, 0) is 9.59 Å². The fourth-order valence-corrected chi connectivity index (χ4v) is 4.38. The molecule has 2 aromatic carbocycles.